The van der Waals surface area contributed by atoms with Gasteiger partial charge in [0, 0.05) is 31.6 Å². The Labute approximate surface area is 177 Å². The van der Waals surface area contributed by atoms with E-state index >= 15 is 0 Å². The Hall–Kier alpha value is -2.77. The van der Waals surface area contributed by atoms with Crippen molar-refractivity contribution in [1.82, 2.24) is 15.5 Å². The van der Waals surface area contributed by atoms with E-state index in [4.69, 9.17) is 9.47 Å². The standard InChI is InChI=1S/C22H31N3O5/c1-4-19(26)25-9-7-15(8-10-25)20(22(28)23-12-14(2)3)24-21(27)16-5-6-17-18(11-16)30-13-29-17/h5-6,11,14-15,20H,4,7-10,12-13H2,1-3H3,(H,23,28)(H,24,27). The van der Waals surface area contributed by atoms with Crippen LogP contribution >= 0.6 is 0 Å². The lowest BCUT2D eigenvalue weighted by atomic mass is 9.88. The molecular formula is C22H31N3O5. The molecule has 0 bridgehead atoms. The zero-order valence-electron chi connectivity index (χ0n) is 17.9. The lowest BCUT2D eigenvalue weighted by Crippen LogP contribution is -2.54. The zero-order valence-corrected chi connectivity index (χ0v) is 17.9. The Bertz CT molecular complexity index is 787. The Kier molecular flexibility index (Phi) is 7.18. The number of carbonyl (C=O) groups is 3. The number of carbonyl (C=O) groups excluding carboxylic acids is 3. The number of nitrogens with zero attached hydrogens (tertiary/aromatic N) is 1. The molecule has 1 aromatic carbocycles. The van der Waals surface area contributed by atoms with Crippen LogP contribution in [0.4, 0.5) is 0 Å². The van der Waals surface area contributed by atoms with Crippen LogP contribution in [0.2, 0.25) is 0 Å². The van der Waals surface area contributed by atoms with E-state index in [0.29, 0.717) is 61.9 Å². The third-order valence-electron chi connectivity index (χ3n) is 5.55. The van der Waals surface area contributed by atoms with Gasteiger partial charge < -0.3 is 25.0 Å². The summed E-state index contributed by atoms with van der Waals surface area (Å²) in [6, 6.07) is 4.33. The minimum atomic E-state index is -0.652. The van der Waals surface area contributed by atoms with Crippen molar-refractivity contribution in [2.45, 2.75) is 46.1 Å². The van der Waals surface area contributed by atoms with Crippen LogP contribution in [0.1, 0.15) is 50.4 Å². The van der Waals surface area contributed by atoms with Crippen LogP contribution in [-0.4, -0.2) is 55.1 Å². The highest BCUT2D eigenvalue weighted by molar-refractivity contribution is 5.98. The SMILES string of the molecule is CCC(=O)N1CCC(C(NC(=O)c2ccc3c(c2)OCO3)C(=O)NCC(C)C)CC1. The van der Waals surface area contributed by atoms with E-state index in [9.17, 15) is 14.4 Å². The van der Waals surface area contributed by atoms with Crippen LogP contribution in [0.3, 0.4) is 0 Å². The molecular weight excluding hydrogens is 386 g/mol. The molecule has 0 spiro atoms. The van der Waals surface area contributed by atoms with Gasteiger partial charge in [-0.05, 0) is 42.9 Å². The van der Waals surface area contributed by atoms with E-state index in [0.717, 1.165) is 0 Å². The number of likely N-dealkylation sites (tertiary alicyclic amines) is 1. The van der Waals surface area contributed by atoms with E-state index in [-0.39, 0.29) is 30.4 Å². The van der Waals surface area contributed by atoms with Crippen molar-refractivity contribution >= 4 is 17.7 Å². The van der Waals surface area contributed by atoms with Gasteiger partial charge in [-0.3, -0.25) is 14.4 Å². The molecule has 2 aliphatic rings. The molecule has 1 aromatic rings. The molecule has 1 atom stereocenters. The molecule has 0 aliphatic carbocycles. The van der Waals surface area contributed by atoms with E-state index in [1.54, 1.807) is 18.2 Å². The summed E-state index contributed by atoms with van der Waals surface area (Å²) in [5.74, 6) is 1.02. The van der Waals surface area contributed by atoms with Crippen molar-refractivity contribution in [2.24, 2.45) is 11.8 Å². The minimum Gasteiger partial charge on any atom is -0.454 e. The first-order valence-corrected chi connectivity index (χ1v) is 10.6. The lowest BCUT2D eigenvalue weighted by Gasteiger charge is -2.35. The summed E-state index contributed by atoms with van der Waals surface area (Å²) < 4.78 is 10.6. The maximum atomic E-state index is 12.9. The molecule has 0 aromatic heterocycles. The molecule has 0 saturated carbocycles. The number of nitrogens with one attached hydrogen (secondary N) is 2. The fourth-order valence-corrected chi connectivity index (χ4v) is 3.78. The van der Waals surface area contributed by atoms with Gasteiger partial charge in [0.15, 0.2) is 11.5 Å². The maximum Gasteiger partial charge on any atom is 0.252 e. The van der Waals surface area contributed by atoms with Crippen molar-refractivity contribution in [3.63, 3.8) is 0 Å². The lowest BCUT2D eigenvalue weighted by molar-refractivity contribution is -0.132. The summed E-state index contributed by atoms with van der Waals surface area (Å²) in [4.78, 5) is 39.6. The smallest absolute Gasteiger partial charge is 0.252 e. The molecule has 1 saturated heterocycles. The molecule has 2 aliphatic heterocycles. The largest absolute Gasteiger partial charge is 0.454 e. The summed E-state index contributed by atoms with van der Waals surface area (Å²) in [5, 5.41) is 5.87. The zero-order chi connectivity index (χ0) is 21.7. The second-order valence-corrected chi connectivity index (χ2v) is 8.23. The van der Waals surface area contributed by atoms with Crippen molar-refractivity contribution in [3.05, 3.63) is 23.8 Å². The summed E-state index contributed by atoms with van der Waals surface area (Å²) in [7, 11) is 0. The van der Waals surface area contributed by atoms with E-state index in [2.05, 4.69) is 10.6 Å². The van der Waals surface area contributed by atoms with E-state index < -0.39 is 6.04 Å². The topological polar surface area (TPSA) is 97.0 Å². The van der Waals surface area contributed by atoms with Crippen LogP contribution < -0.4 is 20.1 Å². The average Bonchev–Trinajstić information content (AvgIpc) is 3.23. The third-order valence-corrected chi connectivity index (χ3v) is 5.55. The first-order chi connectivity index (χ1) is 14.4. The number of hydrogen-bond acceptors (Lipinski definition) is 5. The second-order valence-electron chi connectivity index (χ2n) is 8.23. The quantitative estimate of drug-likeness (QED) is 0.707. The molecule has 8 heteroatoms. The normalized spacial score (nSPS) is 17.0. The number of fused-ring (bicyclic) bond motifs is 1. The molecule has 164 valence electrons. The van der Waals surface area contributed by atoms with Crippen molar-refractivity contribution in [2.75, 3.05) is 26.4 Å². The number of rotatable bonds is 7. The first kappa shape index (κ1) is 21.9. The van der Waals surface area contributed by atoms with Gasteiger partial charge in [0.2, 0.25) is 18.6 Å². The molecule has 8 nitrogen and oxygen atoms in total. The highest BCUT2D eigenvalue weighted by Crippen LogP contribution is 2.32. The van der Waals surface area contributed by atoms with Crippen LogP contribution in [-0.2, 0) is 9.59 Å². The summed E-state index contributed by atoms with van der Waals surface area (Å²) >= 11 is 0. The molecule has 2 heterocycles. The first-order valence-electron chi connectivity index (χ1n) is 10.6. The van der Waals surface area contributed by atoms with Gasteiger partial charge >= 0.3 is 0 Å². The molecule has 30 heavy (non-hydrogen) atoms. The van der Waals surface area contributed by atoms with Gasteiger partial charge in [-0.1, -0.05) is 20.8 Å². The van der Waals surface area contributed by atoms with Gasteiger partial charge in [0.25, 0.3) is 5.91 Å². The molecule has 3 amide bonds. The van der Waals surface area contributed by atoms with Crippen LogP contribution in [0.5, 0.6) is 11.5 Å². The number of benzene rings is 1. The highest BCUT2D eigenvalue weighted by atomic mass is 16.7. The maximum absolute atomic E-state index is 12.9. The van der Waals surface area contributed by atoms with Gasteiger partial charge in [0.1, 0.15) is 6.04 Å². The van der Waals surface area contributed by atoms with Crippen LogP contribution in [0.25, 0.3) is 0 Å². The second kappa shape index (κ2) is 9.82. The molecule has 0 radical (unpaired) electrons. The Morgan fingerprint density at radius 1 is 1.13 bits per heavy atom. The van der Waals surface area contributed by atoms with Gasteiger partial charge in [-0.25, -0.2) is 0 Å². The fourth-order valence-electron chi connectivity index (χ4n) is 3.78. The van der Waals surface area contributed by atoms with Gasteiger partial charge in [-0.2, -0.15) is 0 Å². The van der Waals surface area contributed by atoms with Crippen molar-refractivity contribution in [1.29, 1.82) is 0 Å². The van der Waals surface area contributed by atoms with Crippen molar-refractivity contribution in [3.8, 4) is 11.5 Å². The Morgan fingerprint density at radius 3 is 2.50 bits per heavy atom. The molecule has 1 fully saturated rings. The van der Waals surface area contributed by atoms with Crippen molar-refractivity contribution < 1.29 is 23.9 Å². The predicted molar refractivity (Wildman–Crippen MR) is 111 cm³/mol. The highest BCUT2D eigenvalue weighted by Gasteiger charge is 2.34. The Morgan fingerprint density at radius 2 is 1.83 bits per heavy atom. The number of ether oxygens (including phenoxy) is 2. The number of hydrogen-bond donors (Lipinski definition) is 2. The molecule has 1 unspecified atom stereocenters. The minimum absolute atomic E-state index is 0.0315. The molecule has 3 rings (SSSR count). The predicted octanol–water partition coefficient (Wildman–Crippen LogP) is 1.93. The number of piperidine rings is 1. The third kappa shape index (κ3) is 5.23. The van der Waals surface area contributed by atoms with Gasteiger partial charge in [-0.15, -0.1) is 0 Å². The van der Waals surface area contributed by atoms with Crippen LogP contribution in [0, 0.1) is 11.8 Å². The number of amides is 3. The average molecular weight is 418 g/mol. The summed E-state index contributed by atoms with van der Waals surface area (Å²) in [5.41, 5.74) is 0.416. The Balaban J connectivity index is 1.70. The van der Waals surface area contributed by atoms with E-state index in [1.807, 2.05) is 25.7 Å². The fraction of sp³-hybridized carbons (Fsp3) is 0.591. The summed E-state index contributed by atoms with van der Waals surface area (Å²) in [6.45, 7) is 7.78. The summed E-state index contributed by atoms with van der Waals surface area (Å²) in [6.07, 6.45) is 1.82. The van der Waals surface area contributed by atoms with Gasteiger partial charge in [0.05, 0.1) is 0 Å². The molecule has 2 N–H and O–H groups in total. The van der Waals surface area contributed by atoms with E-state index in [1.165, 1.54) is 0 Å². The van der Waals surface area contributed by atoms with Crippen LogP contribution in [0.15, 0.2) is 18.2 Å². The monoisotopic (exact) mass is 417 g/mol.